The Morgan fingerprint density at radius 3 is 2.86 bits per heavy atom. The van der Waals surface area contributed by atoms with Gasteiger partial charge in [0, 0.05) is 37.1 Å². The molecule has 11 nitrogen and oxygen atoms in total. The van der Waals surface area contributed by atoms with Gasteiger partial charge in [-0.2, -0.15) is 10.2 Å². The van der Waals surface area contributed by atoms with Crippen molar-refractivity contribution in [2.24, 2.45) is 0 Å². The highest BCUT2D eigenvalue weighted by Gasteiger charge is 2.27. The lowest BCUT2D eigenvalue weighted by Gasteiger charge is -2.33. The molecule has 4 aromatic heterocycles. The Bertz CT molecular complexity index is 1430. The van der Waals surface area contributed by atoms with Crippen LogP contribution in [0.3, 0.4) is 0 Å². The summed E-state index contributed by atoms with van der Waals surface area (Å²) in [5, 5.41) is 31.2. The molecular formula is C25H29FN8O3. The van der Waals surface area contributed by atoms with Crippen LogP contribution in [-0.4, -0.2) is 81.7 Å². The number of rotatable bonds is 7. The summed E-state index contributed by atoms with van der Waals surface area (Å²) in [5.74, 6) is -0.710. The minimum atomic E-state index is -0.999. The predicted molar refractivity (Wildman–Crippen MR) is 134 cm³/mol. The van der Waals surface area contributed by atoms with Gasteiger partial charge in [0.15, 0.2) is 17.5 Å². The average molecular weight is 509 g/mol. The van der Waals surface area contributed by atoms with E-state index < -0.39 is 18.0 Å². The van der Waals surface area contributed by atoms with E-state index in [9.17, 15) is 15.0 Å². The maximum atomic E-state index is 15.9. The molecule has 4 aromatic rings. The number of aliphatic hydroxyl groups excluding tert-OH is 1. The summed E-state index contributed by atoms with van der Waals surface area (Å²) in [6, 6.07) is 5.35. The van der Waals surface area contributed by atoms with Crippen molar-refractivity contribution in [2.45, 2.75) is 44.9 Å². The molecule has 0 saturated carbocycles. The van der Waals surface area contributed by atoms with E-state index in [0.717, 1.165) is 5.52 Å². The summed E-state index contributed by atoms with van der Waals surface area (Å²) >= 11 is 0. The molecule has 1 atom stereocenters. The number of aromatic nitrogens is 6. The molecule has 1 saturated heterocycles. The molecule has 0 spiro atoms. The maximum absolute atomic E-state index is 15.9. The fraction of sp³-hybridized carbons (Fsp3) is 0.400. The van der Waals surface area contributed by atoms with Crippen LogP contribution in [0.25, 0.3) is 28.2 Å². The summed E-state index contributed by atoms with van der Waals surface area (Å²) in [7, 11) is 0. The topological polar surface area (TPSA) is 134 Å². The molecule has 3 N–H and O–H groups in total. The lowest BCUT2D eigenvalue weighted by Crippen LogP contribution is -2.46. The van der Waals surface area contributed by atoms with Crippen molar-refractivity contribution in [3.05, 3.63) is 48.8 Å². The lowest BCUT2D eigenvalue weighted by atomic mass is 10.1. The summed E-state index contributed by atoms with van der Waals surface area (Å²) in [5.41, 5.74) is 0.895. The molecule has 0 unspecified atom stereocenters. The van der Waals surface area contributed by atoms with Crippen LogP contribution in [-0.2, 0) is 11.3 Å². The van der Waals surface area contributed by atoms with Gasteiger partial charge < -0.3 is 20.4 Å². The number of nitrogens with one attached hydrogen (secondary N) is 1. The largest absolute Gasteiger partial charge is 0.389 e. The molecule has 1 aliphatic rings. The smallest absolute Gasteiger partial charge is 0.248 e. The molecule has 1 fully saturated rings. The second kappa shape index (κ2) is 9.87. The van der Waals surface area contributed by atoms with Gasteiger partial charge in [-0.1, -0.05) is 6.07 Å². The molecular weight excluding hydrogens is 479 g/mol. The highest BCUT2D eigenvalue weighted by atomic mass is 19.1. The van der Waals surface area contributed by atoms with Crippen molar-refractivity contribution in [1.29, 1.82) is 0 Å². The zero-order valence-electron chi connectivity index (χ0n) is 20.7. The van der Waals surface area contributed by atoms with Crippen LogP contribution in [0, 0.1) is 5.82 Å². The zero-order chi connectivity index (χ0) is 26.2. The molecule has 0 aromatic carbocycles. The molecule has 1 amide bonds. The average Bonchev–Trinajstić information content (AvgIpc) is 3.51. The van der Waals surface area contributed by atoms with E-state index in [0.29, 0.717) is 37.1 Å². The summed E-state index contributed by atoms with van der Waals surface area (Å²) < 4.78 is 19.1. The first-order valence-corrected chi connectivity index (χ1v) is 12.1. The zero-order valence-corrected chi connectivity index (χ0v) is 20.7. The Morgan fingerprint density at radius 2 is 2.08 bits per heavy atom. The van der Waals surface area contributed by atoms with E-state index in [1.807, 2.05) is 18.2 Å². The fourth-order valence-electron chi connectivity index (χ4n) is 4.54. The SMILES string of the molecule is CC(C)(O)Cn1cc(-c2nc(-c3cnn4ccccc34)nc(N[C@@H]3CCCN(C(=O)CO)C3)c2F)cn1. The van der Waals surface area contributed by atoms with E-state index in [4.69, 9.17) is 0 Å². The van der Waals surface area contributed by atoms with Gasteiger partial charge in [-0.25, -0.2) is 18.9 Å². The van der Waals surface area contributed by atoms with Crippen LogP contribution in [0.5, 0.6) is 0 Å². The second-order valence-corrected chi connectivity index (χ2v) is 9.87. The van der Waals surface area contributed by atoms with E-state index in [1.165, 1.54) is 6.20 Å². The molecule has 0 radical (unpaired) electrons. The van der Waals surface area contributed by atoms with E-state index >= 15 is 4.39 Å². The van der Waals surface area contributed by atoms with E-state index in [2.05, 4.69) is 25.5 Å². The quantitative estimate of drug-likeness (QED) is 0.345. The van der Waals surface area contributed by atoms with Gasteiger partial charge in [0.05, 0.1) is 35.6 Å². The number of halogens is 1. The van der Waals surface area contributed by atoms with Crippen LogP contribution >= 0.6 is 0 Å². The third kappa shape index (κ3) is 5.30. The Labute approximate surface area is 212 Å². The van der Waals surface area contributed by atoms with Gasteiger partial charge in [0.2, 0.25) is 5.91 Å². The number of carbonyl (C=O) groups is 1. The van der Waals surface area contributed by atoms with Crippen LogP contribution < -0.4 is 5.32 Å². The number of nitrogens with zero attached hydrogens (tertiary/aromatic N) is 7. The molecule has 5 heterocycles. The van der Waals surface area contributed by atoms with Gasteiger partial charge in [-0.05, 0) is 38.8 Å². The van der Waals surface area contributed by atoms with Crippen LogP contribution in [0.1, 0.15) is 26.7 Å². The first kappa shape index (κ1) is 24.8. The number of hydrogen-bond donors (Lipinski definition) is 3. The maximum Gasteiger partial charge on any atom is 0.248 e. The highest BCUT2D eigenvalue weighted by Crippen LogP contribution is 2.31. The minimum absolute atomic E-state index is 0.00816. The Hall–Kier alpha value is -3.90. The van der Waals surface area contributed by atoms with E-state index in [-0.39, 0.29) is 35.8 Å². The normalized spacial score (nSPS) is 16.4. The molecule has 0 aliphatic carbocycles. The molecule has 37 heavy (non-hydrogen) atoms. The predicted octanol–water partition coefficient (Wildman–Crippen LogP) is 1.96. The van der Waals surface area contributed by atoms with Crippen LogP contribution in [0.4, 0.5) is 10.2 Å². The van der Waals surface area contributed by atoms with E-state index in [1.54, 1.807) is 46.5 Å². The Kier molecular flexibility index (Phi) is 6.61. The van der Waals surface area contributed by atoms with Gasteiger partial charge in [0.1, 0.15) is 12.3 Å². The van der Waals surface area contributed by atoms with Crippen LogP contribution in [0.15, 0.2) is 43.0 Å². The van der Waals surface area contributed by atoms with Crippen LogP contribution in [0.2, 0.25) is 0 Å². The first-order valence-electron chi connectivity index (χ1n) is 12.1. The van der Waals surface area contributed by atoms with Gasteiger partial charge in [0.25, 0.3) is 0 Å². The molecule has 0 bridgehead atoms. The number of piperidine rings is 1. The summed E-state index contributed by atoms with van der Waals surface area (Å²) in [4.78, 5) is 22.7. The van der Waals surface area contributed by atoms with Crippen molar-refractivity contribution >= 4 is 17.2 Å². The number of pyridine rings is 1. The number of anilines is 1. The number of likely N-dealkylation sites (tertiary alicyclic amines) is 1. The van der Waals surface area contributed by atoms with Crippen molar-refractivity contribution < 1.29 is 19.4 Å². The third-order valence-electron chi connectivity index (χ3n) is 6.22. The highest BCUT2D eigenvalue weighted by molar-refractivity contribution is 5.78. The van der Waals surface area contributed by atoms with Crippen molar-refractivity contribution in [3.8, 4) is 22.6 Å². The fourth-order valence-corrected chi connectivity index (χ4v) is 4.54. The number of carbonyl (C=O) groups excluding carboxylic acids is 1. The molecule has 1 aliphatic heterocycles. The standard InChI is InChI=1S/C25H29FN8O3/c1-25(2,37)15-33-12-16(10-27-33)22-21(26)24(29-17-6-5-8-32(13-17)20(36)14-35)31-23(30-22)18-11-28-34-9-4-3-7-19(18)34/h3-4,7,9-12,17,35,37H,5-6,8,13-15H2,1-2H3,(H,29,30,31)/t17-/m1/s1. The van der Waals surface area contributed by atoms with Crippen molar-refractivity contribution in [2.75, 3.05) is 25.0 Å². The monoisotopic (exact) mass is 508 g/mol. The Balaban J connectivity index is 1.56. The van der Waals surface area contributed by atoms with Crippen molar-refractivity contribution in [1.82, 2.24) is 34.3 Å². The molecule has 5 rings (SSSR count). The first-order chi connectivity index (χ1) is 17.7. The number of hydrogen-bond acceptors (Lipinski definition) is 8. The van der Waals surface area contributed by atoms with Gasteiger partial charge in [-0.3, -0.25) is 9.48 Å². The Morgan fingerprint density at radius 1 is 1.24 bits per heavy atom. The van der Waals surface area contributed by atoms with Gasteiger partial charge in [-0.15, -0.1) is 0 Å². The number of amides is 1. The molecule has 12 heteroatoms. The van der Waals surface area contributed by atoms with Gasteiger partial charge >= 0.3 is 0 Å². The second-order valence-electron chi connectivity index (χ2n) is 9.87. The van der Waals surface area contributed by atoms with Crippen molar-refractivity contribution in [3.63, 3.8) is 0 Å². The summed E-state index contributed by atoms with van der Waals surface area (Å²) in [6.07, 6.45) is 8.00. The number of fused-ring (bicyclic) bond motifs is 1. The number of aliphatic hydroxyl groups is 2. The lowest BCUT2D eigenvalue weighted by molar-refractivity contribution is -0.135. The third-order valence-corrected chi connectivity index (χ3v) is 6.22. The molecule has 194 valence electrons. The minimum Gasteiger partial charge on any atom is -0.389 e. The summed E-state index contributed by atoms with van der Waals surface area (Å²) in [6.45, 7) is 3.87.